The second-order valence-electron chi connectivity index (χ2n) is 4.16. The van der Waals surface area contributed by atoms with Crippen LogP contribution in [0.4, 0.5) is 5.69 Å². The monoisotopic (exact) mass is 267 g/mol. The fraction of sp³-hybridized carbons (Fsp3) is 0.125. The number of rotatable bonds is 5. The highest BCUT2D eigenvalue weighted by molar-refractivity contribution is 6.45. The Morgan fingerprint density at radius 1 is 1.00 bits per heavy atom. The highest BCUT2D eigenvalue weighted by Gasteiger charge is 2.12. The predicted molar refractivity (Wildman–Crippen MR) is 81.7 cm³/mol. The van der Waals surface area contributed by atoms with Gasteiger partial charge in [-0.15, -0.1) is 0 Å². The van der Waals surface area contributed by atoms with E-state index in [9.17, 15) is 4.79 Å². The topological polar surface area (TPSA) is 53.5 Å². The van der Waals surface area contributed by atoms with Crippen LogP contribution in [0.3, 0.4) is 0 Å². The van der Waals surface area contributed by atoms with Gasteiger partial charge in [0.2, 0.25) is 0 Å². The van der Waals surface area contributed by atoms with E-state index in [1.165, 1.54) is 0 Å². The molecule has 2 aromatic carbocycles. The number of para-hydroxylation sites is 1. The standard InChI is InChI=1S/C16H17N3O/c1-2-17-16(20)15(13-9-5-3-6-10-13)19-18-14-11-7-4-8-12-14/h3-12,18H,2H2,1H3,(H,17,20)/b19-15-. The van der Waals surface area contributed by atoms with Crippen LogP contribution >= 0.6 is 0 Å². The van der Waals surface area contributed by atoms with Gasteiger partial charge in [0, 0.05) is 12.1 Å². The first-order valence-electron chi connectivity index (χ1n) is 6.53. The number of nitrogens with one attached hydrogen (secondary N) is 2. The lowest BCUT2D eigenvalue weighted by atomic mass is 10.1. The maximum Gasteiger partial charge on any atom is 0.272 e. The lowest BCUT2D eigenvalue weighted by Crippen LogP contribution is -2.32. The van der Waals surface area contributed by atoms with Gasteiger partial charge in [0.25, 0.3) is 5.91 Å². The van der Waals surface area contributed by atoms with Crippen molar-refractivity contribution in [2.24, 2.45) is 5.10 Å². The minimum absolute atomic E-state index is 0.192. The van der Waals surface area contributed by atoms with Gasteiger partial charge in [-0.05, 0) is 19.1 Å². The molecule has 0 atom stereocenters. The molecule has 0 aromatic heterocycles. The number of benzene rings is 2. The van der Waals surface area contributed by atoms with Gasteiger partial charge < -0.3 is 5.32 Å². The molecule has 2 N–H and O–H groups in total. The molecule has 4 nitrogen and oxygen atoms in total. The molecule has 0 bridgehead atoms. The zero-order valence-electron chi connectivity index (χ0n) is 11.3. The Hall–Kier alpha value is -2.62. The minimum Gasteiger partial charge on any atom is -0.351 e. The molecule has 1 amide bonds. The van der Waals surface area contributed by atoms with Gasteiger partial charge in [-0.1, -0.05) is 48.5 Å². The van der Waals surface area contributed by atoms with Crippen molar-refractivity contribution < 1.29 is 4.79 Å². The Morgan fingerprint density at radius 3 is 2.20 bits per heavy atom. The summed E-state index contributed by atoms with van der Waals surface area (Å²) in [6.07, 6.45) is 0. The molecule has 0 saturated heterocycles. The molecule has 0 spiro atoms. The fourth-order valence-electron chi connectivity index (χ4n) is 1.72. The van der Waals surface area contributed by atoms with Crippen molar-refractivity contribution in [3.63, 3.8) is 0 Å². The molecule has 102 valence electrons. The SMILES string of the molecule is CCNC(=O)/C(=N\Nc1ccccc1)c1ccccc1. The lowest BCUT2D eigenvalue weighted by Gasteiger charge is -2.07. The molecule has 0 aliphatic rings. The zero-order chi connectivity index (χ0) is 14.2. The number of hydrogen-bond donors (Lipinski definition) is 2. The van der Waals surface area contributed by atoms with Crippen LogP contribution in [-0.2, 0) is 4.79 Å². The summed E-state index contributed by atoms with van der Waals surface area (Å²) >= 11 is 0. The summed E-state index contributed by atoms with van der Waals surface area (Å²) < 4.78 is 0. The number of likely N-dealkylation sites (N-methyl/N-ethyl adjacent to an activating group) is 1. The molecule has 2 aromatic rings. The fourth-order valence-corrected chi connectivity index (χ4v) is 1.72. The normalized spacial score (nSPS) is 10.9. The second-order valence-corrected chi connectivity index (χ2v) is 4.16. The van der Waals surface area contributed by atoms with Gasteiger partial charge in [0.15, 0.2) is 5.71 Å². The van der Waals surface area contributed by atoms with E-state index in [1.54, 1.807) is 0 Å². The van der Waals surface area contributed by atoms with Crippen molar-refractivity contribution >= 4 is 17.3 Å². The largest absolute Gasteiger partial charge is 0.351 e. The van der Waals surface area contributed by atoms with Crippen molar-refractivity contribution in [3.8, 4) is 0 Å². The molecular formula is C16H17N3O. The van der Waals surface area contributed by atoms with E-state index >= 15 is 0 Å². The average Bonchev–Trinajstić information content (AvgIpc) is 2.50. The first-order chi connectivity index (χ1) is 9.81. The van der Waals surface area contributed by atoms with Crippen LogP contribution in [0.5, 0.6) is 0 Å². The van der Waals surface area contributed by atoms with E-state index in [-0.39, 0.29) is 5.91 Å². The quantitative estimate of drug-likeness (QED) is 0.646. The molecule has 0 radical (unpaired) electrons. The van der Waals surface area contributed by atoms with Crippen molar-refractivity contribution in [1.82, 2.24) is 5.32 Å². The third-order valence-electron chi connectivity index (χ3n) is 2.67. The van der Waals surface area contributed by atoms with Crippen molar-refractivity contribution in [2.45, 2.75) is 6.92 Å². The molecule has 0 unspecified atom stereocenters. The van der Waals surface area contributed by atoms with Crippen molar-refractivity contribution in [3.05, 3.63) is 66.2 Å². The molecule has 0 aliphatic carbocycles. The van der Waals surface area contributed by atoms with E-state index in [4.69, 9.17) is 0 Å². The molecular weight excluding hydrogens is 250 g/mol. The Balaban J connectivity index is 2.25. The number of amides is 1. The number of carbonyl (C=O) groups excluding carboxylic acids is 1. The number of nitrogens with zero attached hydrogens (tertiary/aromatic N) is 1. The molecule has 2 rings (SSSR count). The Labute approximate surface area is 118 Å². The van der Waals surface area contributed by atoms with Crippen LogP contribution in [0.1, 0.15) is 12.5 Å². The number of anilines is 1. The predicted octanol–water partition coefficient (Wildman–Crippen LogP) is 2.64. The van der Waals surface area contributed by atoms with E-state index in [2.05, 4.69) is 15.8 Å². The molecule has 4 heteroatoms. The van der Waals surface area contributed by atoms with E-state index in [0.29, 0.717) is 12.3 Å². The van der Waals surface area contributed by atoms with E-state index < -0.39 is 0 Å². The van der Waals surface area contributed by atoms with Crippen LogP contribution in [0.2, 0.25) is 0 Å². The van der Waals surface area contributed by atoms with E-state index in [0.717, 1.165) is 11.3 Å². The average molecular weight is 267 g/mol. The maximum atomic E-state index is 12.1. The highest BCUT2D eigenvalue weighted by atomic mass is 16.1. The first kappa shape index (κ1) is 13.8. The van der Waals surface area contributed by atoms with Gasteiger partial charge in [0.05, 0.1) is 5.69 Å². The Morgan fingerprint density at radius 2 is 1.60 bits per heavy atom. The molecule has 20 heavy (non-hydrogen) atoms. The summed E-state index contributed by atoms with van der Waals surface area (Å²) in [7, 11) is 0. The van der Waals surface area contributed by atoms with E-state index in [1.807, 2.05) is 67.6 Å². The van der Waals surface area contributed by atoms with Crippen LogP contribution in [0, 0.1) is 0 Å². The molecule has 0 heterocycles. The third kappa shape index (κ3) is 3.68. The number of hydrogen-bond acceptors (Lipinski definition) is 3. The Kier molecular flexibility index (Phi) is 4.89. The zero-order valence-corrected chi connectivity index (χ0v) is 11.3. The van der Waals surface area contributed by atoms with Gasteiger partial charge >= 0.3 is 0 Å². The summed E-state index contributed by atoms with van der Waals surface area (Å²) in [4.78, 5) is 12.1. The van der Waals surface area contributed by atoms with Gasteiger partial charge in [0.1, 0.15) is 0 Å². The van der Waals surface area contributed by atoms with Gasteiger partial charge in [-0.25, -0.2) is 0 Å². The Bertz CT molecular complexity index is 579. The molecule has 0 fully saturated rings. The molecule has 0 aliphatic heterocycles. The van der Waals surface area contributed by atoms with Crippen LogP contribution in [-0.4, -0.2) is 18.2 Å². The van der Waals surface area contributed by atoms with Crippen LogP contribution < -0.4 is 10.7 Å². The summed E-state index contributed by atoms with van der Waals surface area (Å²) in [6.45, 7) is 2.45. The van der Waals surface area contributed by atoms with Gasteiger partial charge in [-0.2, -0.15) is 5.10 Å². The third-order valence-corrected chi connectivity index (χ3v) is 2.67. The van der Waals surface area contributed by atoms with Gasteiger partial charge in [-0.3, -0.25) is 10.2 Å². The van der Waals surface area contributed by atoms with Crippen LogP contribution in [0.15, 0.2) is 65.8 Å². The first-order valence-corrected chi connectivity index (χ1v) is 6.53. The maximum absolute atomic E-state index is 12.1. The minimum atomic E-state index is -0.192. The van der Waals surface area contributed by atoms with Crippen LogP contribution in [0.25, 0.3) is 0 Å². The lowest BCUT2D eigenvalue weighted by molar-refractivity contribution is -0.114. The summed E-state index contributed by atoms with van der Waals surface area (Å²) in [5, 5.41) is 7.01. The van der Waals surface area contributed by atoms with Crippen molar-refractivity contribution in [1.29, 1.82) is 0 Å². The highest BCUT2D eigenvalue weighted by Crippen LogP contribution is 2.07. The second kappa shape index (κ2) is 7.09. The van der Waals surface area contributed by atoms with Crippen molar-refractivity contribution in [2.75, 3.05) is 12.0 Å². The summed E-state index contributed by atoms with van der Waals surface area (Å²) in [5.41, 5.74) is 4.90. The molecule has 0 saturated carbocycles. The number of hydrazone groups is 1. The summed E-state index contributed by atoms with van der Waals surface area (Å²) in [5.74, 6) is -0.192. The smallest absolute Gasteiger partial charge is 0.272 e. The number of carbonyl (C=O) groups is 1. The summed E-state index contributed by atoms with van der Waals surface area (Å²) in [6, 6.07) is 18.9.